The highest BCUT2D eigenvalue weighted by atomic mass is 35.5. The molecule has 0 N–H and O–H groups in total. The van der Waals surface area contributed by atoms with Gasteiger partial charge in [-0.3, -0.25) is 9.69 Å². The summed E-state index contributed by atoms with van der Waals surface area (Å²) in [6, 6.07) is 5.92. The van der Waals surface area contributed by atoms with E-state index >= 15 is 0 Å². The lowest BCUT2D eigenvalue weighted by Gasteiger charge is -2.10. The van der Waals surface area contributed by atoms with Crippen LogP contribution in [0.1, 0.15) is 12.8 Å². The van der Waals surface area contributed by atoms with Crippen molar-refractivity contribution in [1.82, 2.24) is 4.90 Å². The van der Waals surface area contributed by atoms with Crippen LogP contribution in [-0.2, 0) is 11.5 Å². The molecule has 76 valence electrons. The van der Waals surface area contributed by atoms with E-state index in [2.05, 4.69) is 0 Å². The third-order valence-corrected chi connectivity index (χ3v) is 2.28. The molecule has 4 heteroatoms. The van der Waals surface area contributed by atoms with E-state index in [1.54, 1.807) is 0 Å². The molecule has 1 fully saturated rings. The van der Waals surface area contributed by atoms with Gasteiger partial charge in [-0.05, 0) is 6.42 Å². The van der Waals surface area contributed by atoms with Crippen LogP contribution >= 0.6 is 0 Å². The van der Waals surface area contributed by atoms with Gasteiger partial charge in [0.1, 0.15) is 0 Å². The van der Waals surface area contributed by atoms with Gasteiger partial charge >= 0.3 is 0 Å². The zero-order valence-electron chi connectivity index (χ0n) is 7.90. The summed E-state index contributed by atoms with van der Waals surface area (Å²) in [6.07, 6.45) is 5.68. The van der Waals surface area contributed by atoms with Crippen LogP contribution in [-0.4, -0.2) is 17.4 Å². The molecule has 3 nitrogen and oxygen atoms in total. The Kier molecular flexibility index (Phi) is 3.89. The van der Waals surface area contributed by atoms with Gasteiger partial charge in [0.05, 0.1) is 0 Å². The molecule has 0 saturated carbocycles. The van der Waals surface area contributed by atoms with E-state index in [1.807, 2.05) is 40.1 Å². The quantitative estimate of drug-likeness (QED) is 0.500. The van der Waals surface area contributed by atoms with E-state index in [4.69, 9.17) is 0 Å². The fourth-order valence-corrected chi connectivity index (χ4v) is 1.58. The Morgan fingerprint density at radius 3 is 2.57 bits per heavy atom. The third kappa shape index (κ3) is 2.45. The fourth-order valence-electron chi connectivity index (χ4n) is 1.58. The van der Waals surface area contributed by atoms with Crippen LogP contribution in [0.5, 0.6) is 0 Å². The van der Waals surface area contributed by atoms with Gasteiger partial charge in [-0.1, -0.05) is 6.07 Å². The molecule has 0 aromatic carbocycles. The Hall–Kier alpha value is -1.09. The first-order valence-electron chi connectivity index (χ1n) is 4.58. The summed E-state index contributed by atoms with van der Waals surface area (Å²) in [6.45, 7) is 1.60. The lowest BCUT2D eigenvalue weighted by molar-refractivity contribution is -0.712. The van der Waals surface area contributed by atoms with Crippen molar-refractivity contribution in [2.45, 2.75) is 19.5 Å². The number of aromatic nitrogens is 1. The van der Waals surface area contributed by atoms with E-state index in [0.717, 1.165) is 13.0 Å². The molecule has 0 spiro atoms. The first-order chi connectivity index (χ1) is 6.36. The van der Waals surface area contributed by atoms with Crippen LogP contribution < -0.4 is 17.0 Å². The summed E-state index contributed by atoms with van der Waals surface area (Å²) in [4.78, 5) is 13.2. The summed E-state index contributed by atoms with van der Waals surface area (Å²) in [7, 11) is 0. The molecular formula is C10H13ClN2O. The predicted octanol–water partition coefficient (Wildman–Crippen LogP) is -2.44. The number of hydrogen-bond acceptors (Lipinski definition) is 1. The van der Waals surface area contributed by atoms with Gasteiger partial charge in [-0.15, -0.1) is 0 Å². The van der Waals surface area contributed by atoms with Crippen LogP contribution in [0.25, 0.3) is 0 Å². The molecule has 1 aliphatic rings. The van der Waals surface area contributed by atoms with Crippen molar-refractivity contribution in [3.63, 3.8) is 0 Å². The topological polar surface area (TPSA) is 24.2 Å². The van der Waals surface area contributed by atoms with Crippen molar-refractivity contribution >= 4 is 5.91 Å². The minimum absolute atomic E-state index is 0. The lowest BCUT2D eigenvalue weighted by atomic mass is 10.4. The van der Waals surface area contributed by atoms with Gasteiger partial charge in [-0.2, -0.15) is 4.57 Å². The minimum Gasteiger partial charge on any atom is -1.00 e. The molecule has 1 aromatic heterocycles. The minimum atomic E-state index is 0. The van der Waals surface area contributed by atoms with Crippen molar-refractivity contribution in [3.8, 4) is 0 Å². The largest absolute Gasteiger partial charge is 1.00 e. The second kappa shape index (κ2) is 4.96. The molecule has 1 amide bonds. The molecule has 0 radical (unpaired) electrons. The third-order valence-electron chi connectivity index (χ3n) is 2.28. The molecule has 0 bridgehead atoms. The van der Waals surface area contributed by atoms with Gasteiger partial charge in [0.25, 0.3) is 0 Å². The van der Waals surface area contributed by atoms with E-state index in [-0.39, 0.29) is 18.3 Å². The molecule has 1 aliphatic heterocycles. The number of likely N-dealkylation sites (tertiary alicyclic amines) is 1. The maximum Gasteiger partial charge on any atom is 0.227 e. The first kappa shape index (κ1) is 11.0. The second-order valence-corrected chi connectivity index (χ2v) is 3.29. The maximum absolute atomic E-state index is 11.3. The molecule has 14 heavy (non-hydrogen) atoms. The number of hydrogen-bond donors (Lipinski definition) is 0. The highest BCUT2D eigenvalue weighted by Gasteiger charge is 2.22. The van der Waals surface area contributed by atoms with Gasteiger partial charge in [0.2, 0.25) is 12.6 Å². The molecule has 1 saturated heterocycles. The number of pyridine rings is 1. The first-order valence-corrected chi connectivity index (χ1v) is 4.58. The molecule has 2 rings (SSSR count). The van der Waals surface area contributed by atoms with E-state index < -0.39 is 0 Å². The van der Waals surface area contributed by atoms with Crippen LogP contribution in [0.15, 0.2) is 30.6 Å². The number of rotatable bonds is 2. The highest BCUT2D eigenvalue weighted by Crippen LogP contribution is 2.08. The Morgan fingerprint density at radius 1 is 1.29 bits per heavy atom. The summed E-state index contributed by atoms with van der Waals surface area (Å²) in [5.41, 5.74) is 0. The molecule has 1 aromatic rings. The summed E-state index contributed by atoms with van der Waals surface area (Å²) in [5.74, 6) is 0.274. The van der Waals surface area contributed by atoms with Crippen molar-refractivity contribution in [2.75, 3.05) is 6.54 Å². The Bertz CT molecular complexity index is 302. The van der Waals surface area contributed by atoms with Crippen LogP contribution in [0.4, 0.5) is 0 Å². The van der Waals surface area contributed by atoms with Crippen molar-refractivity contribution in [3.05, 3.63) is 30.6 Å². The smallest absolute Gasteiger partial charge is 0.227 e. The lowest BCUT2D eigenvalue weighted by Crippen LogP contribution is -3.00. The van der Waals surface area contributed by atoms with E-state index in [0.29, 0.717) is 13.1 Å². The second-order valence-electron chi connectivity index (χ2n) is 3.29. The van der Waals surface area contributed by atoms with Crippen molar-refractivity contribution in [1.29, 1.82) is 0 Å². The summed E-state index contributed by atoms with van der Waals surface area (Å²) >= 11 is 0. The van der Waals surface area contributed by atoms with Crippen LogP contribution in [0.3, 0.4) is 0 Å². The molecule has 0 unspecified atom stereocenters. The maximum atomic E-state index is 11.3. The molecule has 2 heterocycles. The van der Waals surface area contributed by atoms with Crippen molar-refractivity contribution in [2.24, 2.45) is 0 Å². The van der Waals surface area contributed by atoms with E-state index in [9.17, 15) is 4.79 Å². The zero-order chi connectivity index (χ0) is 9.10. The highest BCUT2D eigenvalue weighted by molar-refractivity contribution is 5.77. The van der Waals surface area contributed by atoms with Gasteiger partial charge in [-0.25, -0.2) is 0 Å². The molecule has 0 aliphatic carbocycles. The zero-order valence-corrected chi connectivity index (χ0v) is 8.65. The average molecular weight is 213 g/mol. The molecule has 0 atom stereocenters. The number of carbonyl (C=O) groups is 1. The fraction of sp³-hybridized carbons (Fsp3) is 0.400. The Balaban J connectivity index is 0.000000980. The Labute approximate surface area is 89.8 Å². The number of amides is 1. The van der Waals surface area contributed by atoms with E-state index in [1.165, 1.54) is 0 Å². The summed E-state index contributed by atoms with van der Waals surface area (Å²) < 4.78 is 2.02. The SMILES string of the molecule is O=C1CCCN1C[n+]1ccccc1.[Cl-]. The number of carbonyl (C=O) groups excluding carboxylic acids is 1. The van der Waals surface area contributed by atoms with Crippen LogP contribution in [0.2, 0.25) is 0 Å². The van der Waals surface area contributed by atoms with Crippen LogP contribution in [0, 0.1) is 0 Å². The normalized spacial score (nSPS) is 15.4. The van der Waals surface area contributed by atoms with Gasteiger partial charge < -0.3 is 12.4 Å². The van der Waals surface area contributed by atoms with Gasteiger partial charge in [0.15, 0.2) is 12.4 Å². The monoisotopic (exact) mass is 212 g/mol. The Morgan fingerprint density at radius 2 is 2.00 bits per heavy atom. The van der Waals surface area contributed by atoms with Crippen molar-refractivity contribution < 1.29 is 21.8 Å². The number of halogens is 1. The average Bonchev–Trinajstić information content (AvgIpc) is 2.54. The standard InChI is InChI=1S/C10H13N2O.ClH/c13-10-5-4-8-12(10)9-11-6-2-1-3-7-11;/h1-3,6-7H,4-5,8-9H2;1H/q+1;/p-1. The number of nitrogens with zero attached hydrogens (tertiary/aromatic N) is 2. The van der Waals surface area contributed by atoms with Gasteiger partial charge in [0, 0.05) is 25.1 Å². The molecular weight excluding hydrogens is 200 g/mol. The predicted molar refractivity (Wildman–Crippen MR) is 47.6 cm³/mol. The summed E-state index contributed by atoms with van der Waals surface area (Å²) in [5, 5.41) is 0.